The molecule has 1 heterocycles. The summed E-state index contributed by atoms with van der Waals surface area (Å²) >= 11 is 0. The van der Waals surface area contributed by atoms with Gasteiger partial charge in [-0.15, -0.1) is 0 Å². The number of amides is 5. The van der Waals surface area contributed by atoms with Crippen molar-refractivity contribution in [2.45, 2.75) is 103 Å². The molecule has 1 aliphatic rings. The number of carboxylic acid groups (broad SMARTS) is 3. The molecular weight excluding hydrogens is 582 g/mol. The fourth-order valence-corrected chi connectivity index (χ4v) is 4.71. The molecule has 16 nitrogen and oxygen atoms in total. The van der Waals surface area contributed by atoms with Crippen molar-refractivity contribution in [3.8, 4) is 0 Å². The van der Waals surface area contributed by atoms with Crippen LogP contribution in [-0.2, 0) is 38.4 Å². The Bertz CT molecular complexity index is 1070. The molecule has 0 bridgehead atoms. The number of carbonyl (C=O) groups is 8. The van der Waals surface area contributed by atoms with Gasteiger partial charge in [-0.3, -0.25) is 33.6 Å². The van der Waals surface area contributed by atoms with Crippen molar-refractivity contribution in [3.05, 3.63) is 0 Å². The molecule has 248 valence electrons. The Hall–Kier alpha value is -4.24. The Balaban J connectivity index is 3.28. The summed E-state index contributed by atoms with van der Waals surface area (Å²) in [4.78, 5) is 101. The Labute approximate surface area is 255 Å². The van der Waals surface area contributed by atoms with E-state index in [-0.39, 0.29) is 12.3 Å². The lowest BCUT2D eigenvalue weighted by molar-refractivity contribution is -0.144. The van der Waals surface area contributed by atoms with Gasteiger partial charge in [0.2, 0.25) is 29.5 Å². The van der Waals surface area contributed by atoms with Gasteiger partial charge in [0.15, 0.2) is 0 Å². The lowest BCUT2D eigenvalue weighted by Crippen LogP contribution is -2.59. The molecule has 44 heavy (non-hydrogen) atoms. The van der Waals surface area contributed by atoms with Crippen LogP contribution in [0.5, 0.6) is 0 Å². The van der Waals surface area contributed by atoms with Crippen molar-refractivity contribution in [1.82, 2.24) is 26.2 Å². The van der Waals surface area contributed by atoms with Gasteiger partial charge in [0, 0.05) is 19.0 Å². The van der Waals surface area contributed by atoms with Crippen molar-refractivity contribution in [2.24, 2.45) is 11.8 Å². The second-order valence-corrected chi connectivity index (χ2v) is 11.2. The number of likely N-dealkylation sites (tertiary alicyclic amines) is 1. The summed E-state index contributed by atoms with van der Waals surface area (Å²) in [5.74, 6) is -9.36. The Kier molecular flexibility index (Phi) is 15.8. The van der Waals surface area contributed by atoms with Crippen molar-refractivity contribution in [1.29, 1.82) is 0 Å². The van der Waals surface area contributed by atoms with Gasteiger partial charge in [0.05, 0.1) is 19.3 Å². The van der Waals surface area contributed by atoms with Gasteiger partial charge < -0.3 is 41.5 Å². The van der Waals surface area contributed by atoms with Gasteiger partial charge in [-0.25, -0.2) is 4.79 Å². The van der Waals surface area contributed by atoms with E-state index < -0.39 is 96.8 Å². The summed E-state index contributed by atoms with van der Waals surface area (Å²) in [6.45, 7) is 7.74. The molecule has 0 spiro atoms. The van der Waals surface area contributed by atoms with Crippen LogP contribution in [-0.4, -0.2) is 105 Å². The first-order valence-corrected chi connectivity index (χ1v) is 14.7. The predicted octanol–water partition coefficient (Wildman–Crippen LogP) is -0.546. The van der Waals surface area contributed by atoms with E-state index in [9.17, 15) is 53.7 Å². The predicted molar refractivity (Wildman–Crippen MR) is 154 cm³/mol. The summed E-state index contributed by atoms with van der Waals surface area (Å²) in [5, 5.41) is 37.3. The smallest absolute Gasteiger partial charge is 0.326 e. The minimum Gasteiger partial charge on any atom is -0.481 e. The van der Waals surface area contributed by atoms with Crippen LogP contribution in [0.4, 0.5) is 0 Å². The first-order chi connectivity index (χ1) is 20.6. The number of hydrogen-bond donors (Lipinski definition) is 7. The van der Waals surface area contributed by atoms with E-state index in [0.29, 0.717) is 25.9 Å². The SMILES string of the molecule is CCC(CC)C(=O)NC(CC(=O)O)C(=O)NC(CC(=O)N1CCCC1)C(=O)NC(CC(=O)O)C(=O)NC(CC(C)C)C(=O)O. The molecule has 1 fully saturated rings. The number of carboxylic acids is 3. The molecule has 0 aromatic carbocycles. The van der Waals surface area contributed by atoms with Crippen LogP contribution in [0.15, 0.2) is 0 Å². The van der Waals surface area contributed by atoms with E-state index >= 15 is 0 Å². The molecule has 4 unspecified atom stereocenters. The highest BCUT2D eigenvalue weighted by Crippen LogP contribution is 2.12. The minimum atomic E-state index is -1.78. The molecule has 0 aromatic heterocycles. The standard InChI is InChI=1S/C28H45N5O11/c1-5-16(6-2)24(39)29-18(13-22(35)36)26(41)30-17(12-21(34)33-9-7-8-10-33)25(40)31-19(14-23(37)38)27(42)32-20(28(43)44)11-15(3)4/h15-20H,5-14H2,1-4H3,(H,29,39)(H,30,41)(H,31,40)(H,32,42)(H,35,36)(H,37,38)(H,43,44). The van der Waals surface area contributed by atoms with Gasteiger partial charge in [-0.1, -0.05) is 27.7 Å². The third kappa shape index (κ3) is 13.0. The number of rotatable bonds is 19. The van der Waals surface area contributed by atoms with E-state index in [4.69, 9.17) is 0 Å². The average Bonchev–Trinajstić information content (AvgIpc) is 3.46. The maximum absolute atomic E-state index is 13.4. The van der Waals surface area contributed by atoms with Crippen LogP contribution >= 0.6 is 0 Å². The molecular formula is C28H45N5O11. The van der Waals surface area contributed by atoms with E-state index in [1.807, 2.05) is 0 Å². The normalized spacial score (nSPS) is 15.5. The lowest BCUT2D eigenvalue weighted by atomic mass is 10.0. The zero-order chi connectivity index (χ0) is 33.6. The van der Waals surface area contributed by atoms with Crippen molar-refractivity contribution in [2.75, 3.05) is 13.1 Å². The lowest BCUT2D eigenvalue weighted by Gasteiger charge is -2.27. The van der Waals surface area contributed by atoms with Crippen molar-refractivity contribution >= 4 is 47.4 Å². The number of carbonyl (C=O) groups excluding carboxylic acids is 5. The Morgan fingerprint density at radius 1 is 0.614 bits per heavy atom. The van der Waals surface area contributed by atoms with Crippen molar-refractivity contribution < 1.29 is 53.7 Å². The maximum atomic E-state index is 13.4. The topological polar surface area (TPSA) is 249 Å². The van der Waals surface area contributed by atoms with Gasteiger partial charge in [-0.2, -0.15) is 0 Å². The van der Waals surface area contributed by atoms with Crippen LogP contribution in [0.25, 0.3) is 0 Å². The maximum Gasteiger partial charge on any atom is 0.326 e. The van der Waals surface area contributed by atoms with Crippen LogP contribution in [0.3, 0.4) is 0 Å². The van der Waals surface area contributed by atoms with Gasteiger partial charge >= 0.3 is 17.9 Å². The van der Waals surface area contributed by atoms with Crippen molar-refractivity contribution in [3.63, 3.8) is 0 Å². The van der Waals surface area contributed by atoms with Gasteiger partial charge in [0.1, 0.15) is 24.2 Å². The highest BCUT2D eigenvalue weighted by molar-refractivity contribution is 5.98. The monoisotopic (exact) mass is 627 g/mol. The fourth-order valence-electron chi connectivity index (χ4n) is 4.71. The highest BCUT2D eigenvalue weighted by Gasteiger charge is 2.35. The highest BCUT2D eigenvalue weighted by atomic mass is 16.4. The first kappa shape index (κ1) is 37.8. The Morgan fingerprint density at radius 2 is 1.00 bits per heavy atom. The molecule has 0 radical (unpaired) electrons. The second kappa shape index (κ2) is 18.4. The van der Waals surface area contributed by atoms with E-state index in [1.54, 1.807) is 27.7 Å². The zero-order valence-electron chi connectivity index (χ0n) is 25.6. The molecule has 4 atom stereocenters. The van der Waals surface area contributed by atoms with Crippen LogP contribution < -0.4 is 21.3 Å². The van der Waals surface area contributed by atoms with E-state index in [2.05, 4.69) is 21.3 Å². The number of hydrogen-bond acceptors (Lipinski definition) is 8. The number of nitrogens with one attached hydrogen (secondary N) is 4. The summed E-state index contributed by atoms with van der Waals surface area (Å²) in [6, 6.07) is -6.45. The summed E-state index contributed by atoms with van der Waals surface area (Å²) in [5.41, 5.74) is 0. The molecule has 16 heteroatoms. The van der Waals surface area contributed by atoms with Gasteiger partial charge in [-0.05, 0) is 38.0 Å². The molecule has 1 aliphatic heterocycles. The fraction of sp³-hybridized carbons (Fsp3) is 0.714. The number of aliphatic carboxylic acids is 3. The largest absolute Gasteiger partial charge is 0.481 e. The number of nitrogens with zero attached hydrogens (tertiary/aromatic N) is 1. The summed E-state index contributed by atoms with van der Waals surface area (Å²) < 4.78 is 0. The molecule has 5 amide bonds. The van der Waals surface area contributed by atoms with Crippen LogP contribution in [0.2, 0.25) is 0 Å². The molecule has 7 N–H and O–H groups in total. The zero-order valence-corrected chi connectivity index (χ0v) is 25.6. The third-order valence-corrected chi connectivity index (χ3v) is 7.17. The molecule has 1 saturated heterocycles. The molecule has 0 aliphatic carbocycles. The summed E-state index contributed by atoms with van der Waals surface area (Å²) in [6.07, 6.45) is -0.0741. The minimum absolute atomic E-state index is 0.0193. The second-order valence-electron chi connectivity index (χ2n) is 11.2. The van der Waals surface area contributed by atoms with E-state index in [1.165, 1.54) is 4.90 Å². The van der Waals surface area contributed by atoms with Crippen LogP contribution in [0.1, 0.15) is 79.1 Å². The summed E-state index contributed by atoms with van der Waals surface area (Å²) in [7, 11) is 0. The van der Waals surface area contributed by atoms with Crippen LogP contribution in [0, 0.1) is 11.8 Å². The van der Waals surface area contributed by atoms with Gasteiger partial charge in [0.25, 0.3) is 0 Å². The molecule has 0 aromatic rings. The third-order valence-electron chi connectivity index (χ3n) is 7.17. The first-order valence-electron chi connectivity index (χ1n) is 14.7. The van der Waals surface area contributed by atoms with E-state index in [0.717, 1.165) is 12.8 Å². The average molecular weight is 628 g/mol. The molecule has 1 rings (SSSR count). The Morgan fingerprint density at radius 3 is 1.36 bits per heavy atom. The molecule has 0 saturated carbocycles. The quantitative estimate of drug-likeness (QED) is 0.0957.